The molecule has 0 atom stereocenters. The molecule has 0 fully saturated rings. The second kappa shape index (κ2) is 3.95. The van der Waals surface area contributed by atoms with E-state index in [9.17, 15) is 0 Å². The maximum Gasteiger partial charge on any atom is 0.155 e. The Kier molecular flexibility index (Phi) is 3.22. The largest absolute Gasteiger partial charge is 0.263 e. The lowest BCUT2D eigenvalue weighted by Crippen LogP contribution is -2.13. The smallest absolute Gasteiger partial charge is 0.155 e. The molecule has 1 heterocycles. The zero-order chi connectivity index (χ0) is 11.7. The maximum atomic E-state index is 4.52. The van der Waals surface area contributed by atoms with Crippen molar-refractivity contribution in [2.45, 2.75) is 59.8 Å². The second-order valence-electron chi connectivity index (χ2n) is 6.42. The van der Waals surface area contributed by atoms with Crippen molar-refractivity contribution in [3.63, 3.8) is 0 Å². The van der Waals surface area contributed by atoms with Gasteiger partial charge in [0.15, 0.2) is 5.82 Å². The number of hydrogen-bond donors (Lipinski definition) is 1. The Morgan fingerprint density at radius 3 is 2.07 bits per heavy atom. The van der Waals surface area contributed by atoms with Gasteiger partial charge in [0.2, 0.25) is 0 Å². The fourth-order valence-corrected chi connectivity index (χ4v) is 1.24. The van der Waals surface area contributed by atoms with Crippen LogP contribution in [0.4, 0.5) is 0 Å². The molecule has 86 valence electrons. The summed E-state index contributed by atoms with van der Waals surface area (Å²) in [4.78, 5) is 4.52. The summed E-state index contributed by atoms with van der Waals surface area (Å²) in [6, 6.07) is 0. The Labute approximate surface area is 92.7 Å². The van der Waals surface area contributed by atoms with Crippen molar-refractivity contribution < 1.29 is 0 Å². The summed E-state index contributed by atoms with van der Waals surface area (Å²) in [5, 5.41) is 7.28. The van der Waals surface area contributed by atoms with Crippen LogP contribution in [0.3, 0.4) is 0 Å². The van der Waals surface area contributed by atoms with Gasteiger partial charge < -0.3 is 0 Å². The minimum atomic E-state index is 0.0382. The van der Waals surface area contributed by atoms with Crippen LogP contribution in [-0.2, 0) is 11.8 Å². The lowest BCUT2D eigenvalue weighted by atomic mass is 9.90. The van der Waals surface area contributed by atoms with Crippen molar-refractivity contribution in [1.82, 2.24) is 15.2 Å². The van der Waals surface area contributed by atoms with Gasteiger partial charge in [-0.25, -0.2) is 4.98 Å². The van der Waals surface area contributed by atoms with Gasteiger partial charge in [0, 0.05) is 11.8 Å². The van der Waals surface area contributed by atoms with Crippen LogP contribution in [0.2, 0.25) is 0 Å². The lowest BCUT2D eigenvalue weighted by molar-refractivity contribution is 0.374. The lowest BCUT2D eigenvalue weighted by Gasteiger charge is -2.16. The molecule has 0 saturated carbocycles. The minimum absolute atomic E-state index is 0.0382. The van der Waals surface area contributed by atoms with Gasteiger partial charge in [-0.05, 0) is 11.8 Å². The molecule has 0 amide bonds. The highest BCUT2D eigenvalue weighted by Gasteiger charge is 2.19. The first-order chi connectivity index (χ1) is 6.68. The summed E-state index contributed by atoms with van der Waals surface area (Å²) < 4.78 is 0. The van der Waals surface area contributed by atoms with E-state index in [0.717, 1.165) is 24.5 Å². The third kappa shape index (κ3) is 4.02. The second-order valence-corrected chi connectivity index (χ2v) is 6.42. The Morgan fingerprint density at radius 2 is 1.67 bits per heavy atom. The van der Waals surface area contributed by atoms with Gasteiger partial charge in [0.25, 0.3) is 0 Å². The number of aromatic nitrogens is 3. The van der Waals surface area contributed by atoms with Gasteiger partial charge in [0.05, 0.1) is 0 Å². The van der Waals surface area contributed by atoms with Gasteiger partial charge in [-0.15, -0.1) is 0 Å². The van der Waals surface area contributed by atoms with Crippen LogP contribution in [0.1, 0.15) is 59.6 Å². The van der Waals surface area contributed by atoms with Crippen LogP contribution < -0.4 is 0 Å². The van der Waals surface area contributed by atoms with Gasteiger partial charge in [0.1, 0.15) is 5.82 Å². The summed E-state index contributed by atoms with van der Waals surface area (Å²) in [5.74, 6) is 1.92. The fraction of sp³-hybridized carbons (Fsp3) is 0.833. The molecule has 3 nitrogen and oxygen atoms in total. The highest BCUT2D eigenvalue weighted by atomic mass is 15.2. The highest BCUT2D eigenvalue weighted by Crippen LogP contribution is 2.22. The topological polar surface area (TPSA) is 41.6 Å². The van der Waals surface area contributed by atoms with E-state index in [-0.39, 0.29) is 5.41 Å². The van der Waals surface area contributed by atoms with Gasteiger partial charge in [-0.1, -0.05) is 41.5 Å². The van der Waals surface area contributed by atoms with E-state index in [1.807, 2.05) is 0 Å². The van der Waals surface area contributed by atoms with Crippen LogP contribution in [0.5, 0.6) is 0 Å². The average Bonchev–Trinajstić information content (AvgIpc) is 2.45. The molecule has 3 heteroatoms. The minimum Gasteiger partial charge on any atom is -0.263 e. The number of aryl methyl sites for hydroxylation is 1. The zero-order valence-electron chi connectivity index (χ0n) is 10.8. The number of nitrogens with zero attached hydrogens (tertiary/aromatic N) is 2. The Morgan fingerprint density at radius 1 is 1.07 bits per heavy atom. The van der Waals surface area contributed by atoms with Crippen molar-refractivity contribution in [2.75, 3.05) is 0 Å². The number of rotatable bonds is 2. The molecule has 1 rings (SSSR count). The predicted molar refractivity (Wildman–Crippen MR) is 62.9 cm³/mol. The first kappa shape index (κ1) is 12.2. The fourth-order valence-electron chi connectivity index (χ4n) is 1.24. The summed E-state index contributed by atoms with van der Waals surface area (Å²) >= 11 is 0. The SMILES string of the molecule is CC(C)(C)CCc1nc(C(C)(C)C)n[nH]1. The van der Waals surface area contributed by atoms with Gasteiger partial charge in [-0.3, -0.25) is 5.10 Å². The normalized spacial score (nSPS) is 13.2. The zero-order valence-corrected chi connectivity index (χ0v) is 10.8. The average molecular weight is 209 g/mol. The standard InChI is InChI=1S/C12H23N3/c1-11(2,3)8-7-9-13-10(15-14-9)12(4,5)6/h7-8H2,1-6H3,(H,13,14,15). The van der Waals surface area contributed by atoms with Crippen molar-refractivity contribution in [1.29, 1.82) is 0 Å². The number of hydrogen-bond acceptors (Lipinski definition) is 2. The summed E-state index contributed by atoms with van der Waals surface area (Å²) in [6.45, 7) is 13.1. The number of H-pyrrole nitrogens is 1. The van der Waals surface area contributed by atoms with Crippen molar-refractivity contribution >= 4 is 0 Å². The first-order valence-corrected chi connectivity index (χ1v) is 5.60. The predicted octanol–water partition coefficient (Wildman–Crippen LogP) is 3.08. The molecule has 0 aliphatic rings. The molecule has 1 aromatic heterocycles. The van der Waals surface area contributed by atoms with Crippen molar-refractivity contribution in [3.8, 4) is 0 Å². The third-order valence-electron chi connectivity index (χ3n) is 2.31. The molecule has 0 aromatic carbocycles. The highest BCUT2D eigenvalue weighted by molar-refractivity contribution is 5.02. The van der Waals surface area contributed by atoms with Crippen LogP contribution in [0.25, 0.3) is 0 Å². The van der Waals surface area contributed by atoms with Crippen LogP contribution in [-0.4, -0.2) is 15.2 Å². The molecule has 15 heavy (non-hydrogen) atoms. The monoisotopic (exact) mass is 209 g/mol. The molecule has 0 bridgehead atoms. The number of nitrogens with one attached hydrogen (secondary N) is 1. The van der Waals surface area contributed by atoms with E-state index < -0.39 is 0 Å². The van der Waals surface area contributed by atoms with Crippen molar-refractivity contribution in [2.24, 2.45) is 5.41 Å². The summed E-state index contributed by atoms with van der Waals surface area (Å²) in [5.41, 5.74) is 0.394. The molecule has 1 N–H and O–H groups in total. The Hall–Kier alpha value is -0.860. The van der Waals surface area contributed by atoms with Crippen LogP contribution >= 0.6 is 0 Å². The Bertz CT molecular complexity index is 312. The van der Waals surface area contributed by atoms with Crippen LogP contribution in [0, 0.1) is 5.41 Å². The van der Waals surface area contributed by atoms with Crippen molar-refractivity contribution in [3.05, 3.63) is 11.6 Å². The van der Waals surface area contributed by atoms with E-state index in [1.54, 1.807) is 0 Å². The summed E-state index contributed by atoms with van der Waals surface area (Å²) in [6.07, 6.45) is 2.11. The summed E-state index contributed by atoms with van der Waals surface area (Å²) in [7, 11) is 0. The van der Waals surface area contributed by atoms with E-state index in [4.69, 9.17) is 0 Å². The molecule has 1 aromatic rings. The number of aromatic amines is 1. The van der Waals surface area contributed by atoms with Crippen LogP contribution in [0.15, 0.2) is 0 Å². The van der Waals surface area contributed by atoms with E-state index in [1.165, 1.54) is 0 Å². The molecular weight excluding hydrogens is 186 g/mol. The molecule has 0 aliphatic carbocycles. The quantitative estimate of drug-likeness (QED) is 0.813. The van der Waals surface area contributed by atoms with E-state index in [0.29, 0.717) is 5.41 Å². The first-order valence-electron chi connectivity index (χ1n) is 5.60. The third-order valence-corrected chi connectivity index (χ3v) is 2.31. The molecule has 0 spiro atoms. The van der Waals surface area contributed by atoms with Gasteiger partial charge in [-0.2, -0.15) is 5.10 Å². The molecular formula is C12H23N3. The van der Waals surface area contributed by atoms with E-state index >= 15 is 0 Å². The molecule has 0 radical (unpaired) electrons. The Balaban J connectivity index is 2.62. The van der Waals surface area contributed by atoms with E-state index in [2.05, 4.69) is 56.7 Å². The molecule has 0 unspecified atom stereocenters. The molecule has 0 aliphatic heterocycles. The molecule has 0 saturated heterocycles. The maximum absolute atomic E-state index is 4.52. The van der Waals surface area contributed by atoms with Gasteiger partial charge >= 0.3 is 0 Å².